The Balaban J connectivity index is 1.90. The first kappa shape index (κ1) is 18.2. The van der Waals surface area contributed by atoms with Gasteiger partial charge in [-0.3, -0.25) is 14.9 Å². The first-order valence-electron chi connectivity index (χ1n) is 8.35. The van der Waals surface area contributed by atoms with Crippen molar-refractivity contribution >= 4 is 17.2 Å². The summed E-state index contributed by atoms with van der Waals surface area (Å²) in [6.45, 7) is 3.36. The second kappa shape index (κ2) is 7.36. The lowest BCUT2D eigenvalue weighted by molar-refractivity contribution is -0.384. The van der Waals surface area contributed by atoms with E-state index in [1.54, 1.807) is 30.2 Å². The Morgan fingerprint density at radius 3 is 2.48 bits per heavy atom. The van der Waals surface area contributed by atoms with Gasteiger partial charge in [0, 0.05) is 18.7 Å². The third kappa shape index (κ3) is 3.69. The Kier molecular flexibility index (Phi) is 4.98. The van der Waals surface area contributed by atoms with Gasteiger partial charge in [-0.1, -0.05) is 12.1 Å². The average Bonchev–Trinajstić information content (AvgIpc) is 3.21. The SMILES string of the molecule is CC(=O)c1ccc(N(C)[C@H](C)c2ccc(-n3cncn3)cc2)c([N+](=O)[O-])c1. The van der Waals surface area contributed by atoms with Crippen LogP contribution < -0.4 is 4.90 Å². The minimum atomic E-state index is -0.460. The van der Waals surface area contributed by atoms with Crippen LogP contribution in [0.3, 0.4) is 0 Å². The van der Waals surface area contributed by atoms with Gasteiger partial charge in [-0.05, 0) is 43.7 Å². The van der Waals surface area contributed by atoms with E-state index in [0.717, 1.165) is 11.3 Å². The minimum Gasteiger partial charge on any atom is -0.362 e. The van der Waals surface area contributed by atoms with Crippen LogP contribution >= 0.6 is 0 Å². The van der Waals surface area contributed by atoms with E-state index < -0.39 is 4.92 Å². The van der Waals surface area contributed by atoms with Crippen LogP contribution in [0, 0.1) is 10.1 Å². The summed E-state index contributed by atoms with van der Waals surface area (Å²) in [6, 6.07) is 12.2. The van der Waals surface area contributed by atoms with E-state index in [0.29, 0.717) is 11.3 Å². The number of ketones is 1. The van der Waals surface area contributed by atoms with Crippen molar-refractivity contribution in [2.24, 2.45) is 0 Å². The first-order valence-corrected chi connectivity index (χ1v) is 8.35. The van der Waals surface area contributed by atoms with E-state index in [1.165, 1.54) is 19.3 Å². The first-order chi connectivity index (χ1) is 12.9. The van der Waals surface area contributed by atoms with Crippen molar-refractivity contribution in [1.29, 1.82) is 0 Å². The highest BCUT2D eigenvalue weighted by atomic mass is 16.6. The summed E-state index contributed by atoms with van der Waals surface area (Å²) in [5.41, 5.74) is 2.56. The maximum Gasteiger partial charge on any atom is 0.293 e. The van der Waals surface area contributed by atoms with Gasteiger partial charge in [0.05, 0.1) is 16.7 Å². The maximum atomic E-state index is 11.5. The third-order valence-electron chi connectivity index (χ3n) is 4.60. The van der Waals surface area contributed by atoms with Gasteiger partial charge in [0.15, 0.2) is 5.78 Å². The van der Waals surface area contributed by atoms with Gasteiger partial charge in [0.2, 0.25) is 0 Å². The van der Waals surface area contributed by atoms with Crippen molar-refractivity contribution in [2.75, 3.05) is 11.9 Å². The molecule has 0 fully saturated rings. The maximum absolute atomic E-state index is 11.5. The van der Waals surface area contributed by atoms with Gasteiger partial charge in [0.25, 0.3) is 5.69 Å². The van der Waals surface area contributed by atoms with Gasteiger partial charge >= 0.3 is 0 Å². The number of hydrogen-bond acceptors (Lipinski definition) is 6. The van der Waals surface area contributed by atoms with Crippen molar-refractivity contribution in [1.82, 2.24) is 14.8 Å². The summed E-state index contributed by atoms with van der Waals surface area (Å²) in [7, 11) is 1.80. The number of aromatic nitrogens is 3. The van der Waals surface area contributed by atoms with Crippen LogP contribution in [0.2, 0.25) is 0 Å². The van der Waals surface area contributed by atoms with Crippen molar-refractivity contribution in [3.8, 4) is 5.69 Å². The van der Waals surface area contributed by atoms with Crippen LogP contribution in [0.15, 0.2) is 55.1 Å². The molecule has 3 rings (SSSR count). The number of hydrogen-bond donors (Lipinski definition) is 0. The number of nitro benzene ring substituents is 1. The Bertz CT molecular complexity index is 968. The molecule has 0 spiro atoms. The molecule has 0 unspecified atom stereocenters. The quantitative estimate of drug-likeness (QED) is 0.376. The van der Waals surface area contributed by atoms with Gasteiger partial charge in [-0.2, -0.15) is 5.10 Å². The summed E-state index contributed by atoms with van der Waals surface area (Å²) in [5.74, 6) is -0.205. The largest absolute Gasteiger partial charge is 0.362 e. The summed E-state index contributed by atoms with van der Waals surface area (Å²) in [5, 5.41) is 15.6. The molecular formula is C19H19N5O3. The number of nitro groups is 1. The third-order valence-corrected chi connectivity index (χ3v) is 4.60. The second-order valence-electron chi connectivity index (χ2n) is 6.24. The number of anilines is 1. The number of carbonyl (C=O) groups excluding carboxylic acids is 1. The fraction of sp³-hybridized carbons (Fsp3) is 0.211. The van der Waals surface area contributed by atoms with Gasteiger partial charge in [0.1, 0.15) is 18.3 Å². The highest BCUT2D eigenvalue weighted by molar-refractivity contribution is 5.95. The molecule has 27 heavy (non-hydrogen) atoms. The molecule has 0 aliphatic carbocycles. The molecule has 0 bridgehead atoms. The lowest BCUT2D eigenvalue weighted by Crippen LogP contribution is -2.22. The normalized spacial score (nSPS) is 11.8. The highest BCUT2D eigenvalue weighted by Crippen LogP contribution is 2.34. The lowest BCUT2D eigenvalue weighted by Gasteiger charge is -2.27. The Morgan fingerprint density at radius 2 is 1.93 bits per heavy atom. The fourth-order valence-electron chi connectivity index (χ4n) is 2.87. The van der Waals surface area contributed by atoms with Crippen LogP contribution in [0.4, 0.5) is 11.4 Å². The Morgan fingerprint density at radius 1 is 1.22 bits per heavy atom. The smallest absolute Gasteiger partial charge is 0.293 e. The predicted molar refractivity (Wildman–Crippen MR) is 101 cm³/mol. The van der Waals surface area contributed by atoms with Crippen LogP contribution in [-0.4, -0.2) is 32.5 Å². The molecule has 138 valence electrons. The molecule has 0 amide bonds. The number of carbonyl (C=O) groups is 1. The zero-order valence-corrected chi connectivity index (χ0v) is 15.2. The van der Waals surface area contributed by atoms with E-state index in [-0.39, 0.29) is 17.5 Å². The second-order valence-corrected chi connectivity index (χ2v) is 6.24. The van der Waals surface area contributed by atoms with E-state index in [4.69, 9.17) is 0 Å². The summed E-state index contributed by atoms with van der Waals surface area (Å²) < 4.78 is 1.66. The molecule has 0 saturated heterocycles. The predicted octanol–water partition coefficient (Wildman–Crippen LogP) is 3.58. The van der Waals surface area contributed by atoms with Gasteiger partial charge in [-0.15, -0.1) is 0 Å². The minimum absolute atomic E-state index is 0.0868. The molecule has 0 saturated carbocycles. The fourth-order valence-corrected chi connectivity index (χ4v) is 2.87. The number of nitrogens with zero attached hydrogens (tertiary/aromatic N) is 5. The number of Topliss-reactive ketones (excluding diaryl/α,β-unsaturated/α-hetero) is 1. The highest BCUT2D eigenvalue weighted by Gasteiger charge is 2.22. The standard InChI is InChI=1S/C19H19N5O3/c1-13(15-4-7-17(8-5-15)23-12-20-11-21-23)22(3)18-9-6-16(14(2)25)10-19(18)24(26)27/h4-13H,1-3H3/t13-/m1/s1. The lowest BCUT2D eigenvalue weighted by atomic mass is 10.0. The van der Waals surface area contributed by atoms with E-state index in [2.05, 4.69) is 10.1 Å². The van der Waals surface area contributed by atoms with Crippen LogP contribution in [-0.2, 0) is 0 Å². The van der Waals surface area contributed by atoms with E-state index in [1.807, 2.05) is 36.1 Å². The zero-order valence-electron chi connectivity index (χ0n) is 15.2. The van der Waals surface area contributed by atoms with Gasteiger partial charge < -0.3 is 4.90 Å². The molecule has 3 aromatic rings. The average molecular weight is 365 g/mol. The van der Waals surface area contributed by atoms with Crippen LogP contribution in [0.1, 0.15) is 35.8 Å². The Hall–Kier alpha value is -3.55. The van der Waals surface area contributed by atoms with Crippen molar-refractivity contribution in [3.63, 3.8) is 0 Å². The number of rotatable bonds is 6. The Labute approximate surface area is 156 Å². The molecule has 0 radical (unpaired) electrons. The summed E-state index contributed by atoms with van der Waals surface area (Å²) >= 11 is 0. The molecule has 0 N–H and O–H groups in total. The van der Waals surface area contributed by atoms with E-state index >= 15 is 0 Å². The number of benzene rings is 2. The molecule has 0 aliphatic rings. The molecule has 8 heteroatoms. The zero-order chi connectivity index (χ0) is 19.6. The monoisotopic (exact) mass is 365 g/mol. The van der Waals surface area contributed by atoms with Crippen LogP contribution in [0.5, 0.6) is 0 Å². The molecule has 0 aliphatic heterocycles. The molecule has 8 nitrogen and oxygen atoms in total. The topological polar surface area (TPSA) is 94.2 Å². The van der Waals surface area contributed by atoms with Crippen molar-refractivity contribution in [2.45, 2.75) is 19.9 Å². The molecule has 1 aromatic heterocycles. The van der Waals surface area contributed by atoms with Crippen molar-refractivity contribution < 1.29 is 9.72 Å². The van der Waals surface area contributed by atoms with E-state index in [9.17, 15) is 14.9 Å². The molecule has 1 heterocycles. The van der Waals surface area contributed by atoms with Crippen LogP contribution in [0.25, 0.3) is 5.69 Å². The van der Waals surface area contributed by atoms with Crippen molar-refractivity contribution in [3.05, 3.63) is 76.4 Å². The summed E-state index contributed by atoms with van der Waals surface area (Å²) in [4.78, 5) is 28.3. The molecular weight excluding hydrogens is 346 g/mol. The summed E-state index contributed by atoms with van der Waals surface area (Å²) in [6.07, 6.45) is 3.08. The molecule has 2 aromatic carbocycles. The van der Waals surface area contributed by atoms with Gasteiger partial charge in [-0.25, -0.2) is 9.67 Å². The molecule has 1 atom stereocenters.